The smallest absolute Gasteiger partial charge is 0.277 e. The molecular formula is C20H19N3O2S. The number of amides is 1. The molecule has 1 aliphatic heterocycles. The Morgan fingerprint density at radius 3 is 2.69 bits per heavy atom. The van der Waals surface area contributed by atoms with Gasteiger partial charge in [0, 0.05) is 18.7 Å². The maximum atomic E-state index is 12.5. The molecule has 0 saturated heterocycles. The van der Waals surface area contributed by atoms with E-state index >= 15 is 0 Å². The van der Waals surface area contributed by atoms with Crippen molar-refractivity contribution in [3.8, 4) is 11.5 Å². The molecule has 3 aromatic rings. The van der Waals surface area contributed by atoms with E-state index in [4.69, 9.17) is 4.42 Å². The highest BCUT2D eigenvalue weighted by molar-refractivity contribution is 7.99. The third kappa shape index (κ3) is 3.65. The Hall–Kier alpha value is -2.60. The van der Waals surface area contributed by atoms with Gasteiger partial charge in [-0.05, 0) is 36.6 Å². The van der Waals surface area contributed by atoms with E-state index in [0.29, 0.717) is 23.4 Å². The molecule has 0 N–H and O–H groups in total. The molecule has 0 unspecified atom stereocenters. The van der Waals surface area contributed by atoms with Gasteiger partial charge in [-0.25, -0.2) is 0 Å². The van der Waals surface area contributed by atoms with E-state index in [0.717, 1.165) is 18.5 Å². The second-order valence-electron chi connectivity index (χ2n) is 6.36. The number of carbonyl (C=O) groups is 1. The number of carbonyl (C=O) groups excluding carboxylic acids is 1. The summed E-state index contributed by atoms with van der Waals surface area (Å²) >= 11 is 1.29. The molecule has 1 aliphatic rings. The zero-order chi connectivity index (χ0) is 17.9. The molecule has 2 heterocycles. The zero-order valence-corrected chi connectivity index (χ0v) is 15.3. The van der Waals surface area contributed by atoms with Gasteiger partial charge >= 0.3 is 0 Å². The summed E-state index contributed by atoms with van der Waals surface area (Å²) in [5.41, 5.74) is 4.63. The molecule has 0 fully saturated rings. The molecule has 0 saturated carbocycles. The summed E-state index contributed by atoms with van der Waals surface area (Å²) < 4.78 is 5.67. The molecule has 2 aromatic carbocycles. The normalized spacial score (nSPS) is 13.5. The van der Waals surface area contributed by atoms with Gasteiger partial charge in [0.2, 0.25) is 11.8 Å². The van der Waals surface area contributed by atoms with E-state index < -0.39 is 0 Å². The van der Waals surface area contributed by atoms with Crippen molar-refractivity contribution in [3.05, 3.63) is 65.2 Å². The minimum atomic E-state index is 0.0968. The van der Waals surface area contributed by atoms with Crippen molar-refractivity contribution in [1.29, 1.82) is 0 Å². The largest absolute Gasteiger partial charge is 0.411 e. The van der Waals surface area contributed by atoms with Crippen LogP contribution in [-0.2, 0) is 17.8 Å². The Balaban J connectivity index is 1.36. The van der Waals surface area contributed by atoms with Gasteiger partial charge < -0.3 is 9.32 Å². The number of nitrogens with zero attached hydrogens (tertiary/aromatic N) is 3. The summed E-state index contributed by atoms with van der Waals surface area (Å²) in [7, 11) is 0. The lowest BCUT2D eigenvalue weighted by Crippen LogP contribution is -2.37. The summed E-state index contributed by atoms with van der Waals surface area (Å²) in [5, 5.41) is 8.54. The van der Waals surface area contributed by atoms with Crippen LogP contribution in [0.25, 0.3) is 11.5 Å². The molecule has 5 nitrogen and oxygen atoms in total. The van der Waals surface area contributed by atoms with E-state index in [1.54, 1.807) is 0 Å². The second kappa shape index (κ2) is 7.33. The first-order chi connectivity index (χ1) is 12.7. The standard InChI is InChI=1S/C20H19N3O2S/c1-14-6-8-16(9-7-14)19-21-22-20(25-19)26-13-18(24)23-11-10-15-4-2-3-5-17(15)12-23/h2-9H,10-13H2,1H3. The van der Waals surface area contributed by atoms with Crippen molar-refractivity contribution >= 4 is 17.7 Å². The van der Waals surface area contributed by atoms with Gasteiger partial charge in [-0.2, -0.15) is 0 Å². The number of thioether (sulfide) groups is 1. The number of rotatable bonds is 4. The molecule has 0 atom stereocenters. The Morgan fingerprint density at radius 2 is 1.88 bits per heavy atom. The lowest BCUT2D eigenvalue weighted by atomic mass is 10.00. The van der Waals surface area contributed by atoms with Crippen LogP contribution in [0.15, 0.2) is 58.2 Å². The highest BCUT2D eigenvalue weighted by atomic mass is 32.2. The molecule has 26 heavy (non-hydrogen) atoms. The van der Waals surface area contributed by atoms with Crippen molar-refractivity contribution < 1.29 is 9.21 Å². The van der Waals surface area contributed by atoms with Crippen LogP contribution in [-0.4, -0.2) is 33.3 Å². The van der Waals surface area contributed by atoms with Gasteiger partial charge in [0.1, 0.15) is 0 Å². The topological polar surface area (TPSA) is 59.2 Å². The fraction of sp³-hybridized carbons (Fsp3) is 0.250. The van der Waals surface area contributed by atoms with Gasteiger partial charge in [-0.1, -0.05) is 53.7 Å². The molecule has 0 radical (unpaired) electrons. The van der Waals surface area contributed by atoms with Crippen LogP contribution >= 0.6 is 11.8 Å². The van der Waals surface area contributed by atoms with Gasteiger partial charge in [0.05, 0.1) is 5.75 Å². The summed E-state index contributed by atoms with van der Waals surface area (Å²) in [6, 6.07) is 16.2. The summed E-state index contributed by atoms with van der Waals surface area (Å²) in [6.45, 7) is 3.46. The number of hydrogen-bond donors (Lipinski definition) is 0. The lowest BCUT2D eigenvalue weighted by Gasteiger charge is -2.28. The monoisotopic (exact) mass is 365 g/mol. The Bertz CT molecular complexity index is 921. The minimum absolute atomic E-state index is 0.0968. The fourth-order valence-corrected chi connectivity index (χ4v) is 3.67. The number of aromatic nitrogens is 2. The third-order valence-corrected chi connectivity index (χ3v) is 5.31. The number of fused-ring (bicyclic) bond motifs is 1. The molecular weight excluding hydrogens is 346 g/mol. The van der Waals surface area contributed by atoms with Gasteiger partial charge in [-0.3, -0.25) is 4.79 Å². The van der Waals surface area contributed by atoms with Crippen LogP contribution in [0.2, 0.25) is 0 Å². The summed E-state index contributed by atoms with van der Waals surface area (Å²) in [5.74, 6) is 0.879. The Labute approximate surface area is 156 Å². The first kappa shape index (κ1) is 16.8. The summed E-state index contributed by atoms with van der Waals surface area (Å²) in [4.78, 5) is 14.4. The van der Waals surface area contributed by atoms with E-state index in [2.05, 4.69) is 22.3 Å². The van der Waals surface area contributed by atoms with Crippen molar-refractivity contribution in [2.45, 2.75) is 25.1 Å². The number of hydrogen-bond acceptors (Lipinski definition) is 5. The maximum Gasteiger partial charge on any atom is 0.277 e. The summed E-state index contributed by atoms with van der Waals surface area (Å²) in [6.07, 6.45) is 0.907. The van der Waals surface area contributed by atoms with Gasteiger partial charge in [-0.15, -0.1) is 10.2 Å². The average molecular weight is 365 g/mol. The van der Waals surface area contributed by atoms with E-state index in [1.807, 2.05) is 48.2 Å². The minimum Gasteiger partial charge on any atom is -0.411 e. The lowest BCUT2D eigenvalue weighted by molar-refractivity contribution is -0.129. The van der Waals surface area contributed by atoms with Gasteiger partial charge in [0.15, 0.2) is 0 Å². The van der Waals surface area contributed by atoms with Gasteiger partial charge in [0.25, 0.3) is 5.22 Å². The van der Waals surface area contributed by atoms with Crippen LogP contribution < -0.4 is 0 Å². The fourth-order valence-electron chi connectivity index (χ4n) is 3.00. The molecule has 0 bridgehead atoms. The second-order valence-corrected chi connectivity index (χ2v) is 7.29. The third-order valence-electron chi connectivity index (χ3n) is 4.51. The van der Waals surface area contributed by atoms with Crippen molar-refractivity contribution in [2.75, 3.05) is 12.3 Å². The molecule has 4 rings (SSSR count). The van der Waals surface area contributed by atoms with Crippen molar-refractivity contribution in [2.24, 2.45) is 0 Å². The van der Waals surface area contributed by atoms with E-state index in [1.165, 1.54) is 28.5 Å². The van der Waals surface area contributed by atoms with Crippen LogP contribution in [0.1, 0.15) is 16.7 Å². The molecule has 0 spiro atoms. The average Bonchev–Trinajstić information content (AvgIpc) is 3.15. The number of benzene rings is 2. The van der Waals surface area contributed by atoms with Crippen LogP contribution in [0.3, 0.4) is 0 Å². The predicted molar refractivity (Wildman–Crippen MR) is 101 cm³/mol. The highest BCUT2D eigenvalue weighted by Crippen LogP contribution is 2.25. The Morgan fingerprint density at radius 1 is 1.12 bits per heavy atom. The maximum absolute atomic E-state index is 12.5. The molecule has 132 valence electrons. The van der Waals surface area contributed by atoms with E-state index in [9.17, 15) is 4.79 Å². The molecule has 1 aromatic heterocycles. The first-order valence-corrected chi connectivity index (χ1v) is 9.55. The van der Waals surface area contributed by atoms with Crippen LogP contribution in [0.5, 0.6) is 0 Å². The van der Waals surface area contributed by atoms with Crippen molar-refractivity contribution in [1.82, 2.24) is 15.1 Å². The molecule has 1 amide bonds. The highest BCUT2D eigenvalue weighted by Gasteiger charge is 2.21. The van der Waals surface area contributed by atoms with E-state index in [-0.39, 0.29) is 5.91 Å². The van der Waals surface area contributed by atoms with Crippen LogP contribution in [0.4, 0.5) is 0 Å². The first-order valence-electron chi connectivity index (χ1n) is 8.57. The Kier molecular flexibility index (Phi) is 4.75. The number of aryl methyl sites for hydroxylation is 1. The molecule has 0 aliphatic carbocycles. The predicted octanol–water partition coefficient (Wildman–Crippen LogP) is 3.72. The SMILES string of the molecule is Cc1ccc(-c2nnc(SCC(=O)N3CCc4ccccc4C3)o2)cc1. The zero-order valence-electron chi connectivity index (χ0n) is 14.5. The quantitative estimate of drug-likeness (QED) is 0.660. The molecule has 6 heteroatoms. The van der Waals surface area contributed by atoms with Crippen molar-refractivity contribution in [3.63, 3.8) is 0 Å². The van der Waals surface area contributed by atoms with Crippen LogP contribution in [0, 0.1) is 6.92 Å².